The Morgan fingerprint density at radius 2 is 1.77 bits per heavy atom. The number of aryl methyl sites for hydroxylation is 1. The van der Waals surface area contributed by atoms with Crippen LogP contribution in [0.15, 0.2) is 24.3 Å². The summed E-state index contributed by atoms with van der Waals surface area (Å²) in [5, 5.41) is 2.76. The Balaban J connectivity index is 1.72. The summed E-state index contributed by atoms with van der Waals surface area (Å²) in [5.41, 5.74) is 1.78. The van der Waals surface area contributed by atoms with Crippen LogP contribution < -0.4 is 5.32 Å². The fourth-order valence-electron chi connectivity index (χ4n) is 2.31. The van der Waals surface area contributed by atoms with Crippen molar-refractivity contribution in [3.05, 3.63) is 35.4 Å². The molecule has 1 aromatic carbocycles. The Morgan fingerprint density at radius 1 is 1.14 bits per heavy atom. The van der Waals surface area contributed by atoms with E-state index < -0.39 is 0 Å². The number of carbonyl (C=O) groups is 3. The lowest BCUT2D eigenvalue weighted by Crippen LogP contribution is -2.51. The van der Waals surface area contributed by atoms with Gasteiger partial charge < -0.3 is 15.1 Å². The van der Waals surface area contributed by atoms with Gasteiger partial charge in [0.05, 0.1) is 0 Å². The van der Waals surface area contributed by atoms with Crippen LogP contribution in [0, 0.1) is 6.92 Å². The topological polar surface area (TPSA) is 69.7 Å². The van der Waals surface area contributed by atoms with Crippen LogP contribution in [0.1, 0.15) is 22.3 Å². The molecule has 2 rings (SSSR count). The second-order valence-corrected chi connectivity index (χ2v) is 5.40. The minimum Gasteiger partial charge on any atom is -0.342 e. The Morgan fingerprint density at radius 3 is 2.36 bits per heavy atom. The standard InChI is InChI=1S/C16H21N3O3/c1-13-2-4-14(5-3-13)15(21)6-7-17-16(22)19-10-8-18(12-20)9-11-19/h2-5,12H,6-11H2,1H3,(H,17,22). The van der Waals surface area contributed by atoms with Gasteiger partial charge in [-0.2, -0.15) is 0 Å². The van der Waals surface area contributed by atoms with Gasteiger partial charge in [0.1, 0.15) is 0 Å². The first kappa shape index (κ1) is 16.0. The van der Waals surface area contributed by atoms with E-state index in [4.69, 9.17) is 0 Å². The lowest BCUT2D eigenvalue weighted by molar-refractivity contribution is -0.119. The van der Waals surface area contributed by atoms with Crippen LogP contribution >= 0.6 is 0 Å². The predicted octanol–water partition coefficient (Wildman–Crippen LogP) is 1.05. The average Bonchev–Trinajstić information content (AvgIpc) is 2.55. The highest BCUT2D eigenvalue weighted by molar-refractivity contribution is 5.96. The molecule has 1 heterocycles. The molecule has 6 nitrogen and oxygen atoms in total. The molecule has 0 radical (unpaired) electrons. The Bertz CT molecular complexity index is 534. The first-order chi connectivity index (χ1) is 10.6. The molecule has 22 heavy (non-hydrogen) atoms. The van der Waals surface area contributed by atoms with Crippen molar-refractivity contribution < 1.29 is 14.4 Å². The van der Waals surface area contributed by atoms with E-state index in [0.717, 1.165) is 12.0 Å². The molecule has 0 atom stereocenters. The lowest BCUT2D eigenvalue weighted by Gasteiger charge is -2.32. The van der Waals surface area contributed by atoms with Gasteiger partial charge >= 0.3 is 6.03 Å². The number of nitrogens with zero attached hydrogens (tertiary/aromatic N) is 2. The Kier molecular flexibility index (Phi) is 5.52. The van der Waals surface area contributed by atoms with Crippen molar-refractivity contribution in [3.8, 4) is 0 Å². The molecule has 0 aliphatic carbocycles. The molecule has 6 heteroatoms. The van der Waals surface area contributed by atoms with Gasteiger partial charge in [0, 0.05) is 44.7 Å². The summed E-state index contributed by atoms with van der Waals surface area (Å²) in [6, 6.07) is 7.23. The number of rotatable bonds is 5. The van der Waals surface area contributed by atoms with Crippen molar-refractivity contribution >= 4 is 18.2 Å². The van der Waals surface area contributed by atoms with Gasteiger partial charge in [-0.25, -0.2) is 4.79 Å². The number of amides is 3. The van der Waals surface area contributed by atoms with Crippen LogP contribution in [0.25, 0.3) is 0 Å². The highest BCUT2D eigenvalue weighted by Crippen LogP contribution is 2.06. The molecule has 0 saturated carbocycles. The van der Waals surface area contributed by atoms with Gasteiger partial charge in [0.25, 0.3) is 0 Å². The number of nitrogens with one attached hydrogen (secondary N) is 1. The molecule has 1 saturated heterocycles. The van der Waals surface area contributed by atoms with Crippen molar-refractivity contribution in [1.82, 2.24) is 15.1 Å². The van der Waals surface area contributed by atoms with Gasteiger partial charge in [-0.15, -0.1) is 0 Å². The van der Waals surface area contributed by atoms with E-state index in [1.807, 2.05) is 19.1 Å². The molecule has 1 aliphatic rings. The number of hydrogen-bond donors (Lipinski definition) is 1. The van der Waals surface area contributed by atoms with Gasteiger partial charge in [-0.05, 0) is 6.92 Å². The molecule has 0 spiro atoms. The third-order valence-electron chi connectivity index (χ3n) is 3.75. The van der Waals surface area contributed by atoms with Crippen LogP contribution in [0.3, 0.4) is 0 Å². The number of Topliss-reactive ketones (excluding diaryl/α,β-unsaturated/α-hetero) is 1. The molecular formula is C16H21N3O3. The fourth-order valence-corrected chi connectivity index (χ4v) is 2.31. The van der Waals surface area contributed by atoms with Crippen molar-refractivity contribution in [2.24, 2.45) is 0 Å². The number of benzene rings is 1. The van der Waals surface area contributed by atoms with E-state index in [2.05, 4.69) is 5.32 Å². The Labute approximate surface area is 130 Å². The zero-order valence-electron chi connectivity index (χ0n) is 12.7. The predicted molar refractivity (Wildman–Crippen MR) is 82.7 cm³/mol. The summed E-state index contributed by atoms with van der Waals surface area (Å²) < 4.78 is 0. The van der Waals surface area contributed by atoms with E-state index in [1.165, 1.54) is 0 Å². The van der Waals surface area contributed by atoms with Crippen LogP contribution in [-0.4, -0.2) is 60.7 Å². The first-order valence-electron chi connectivity index (χ1n) is 7.42. The van der Waals surface area contributed by atoms with Crippen LogP contribution in [-0.2, 0) is 4.79 Å². The van der Waals surface area contributed by atoms with E-state index in [-0.39, 0.29) is 18.2 Å². The zero-order valence-corrected chi connectivity index (χ0v) is 12.7. The van der Waals surface area contributed by atoms with Gasteiger partial charge in [-0.3, -0.25) is 9.59 Å². The van der Waals surface area contributed by atoms with Crippen molar-refractivity contribution in [2.45, 2.75) is 13.3 Å². The van der Waals surface area contributed by atoms with Crippen LogP contribution in [0.5, 0.6) is 0 Å². The number of piperazine rings is 1. The second kappa shape index (κ2) is 7.59. The lowest BCUT2D eigenvalue weighted by atomic mass is 10.1. The molecule has 1 fully saturated rings. The van der Waals surface area contributed by atoms with Crippen molar-refractivity contribution in [1.29, 1.82) is 0 Å². The average molecular weight is 303 g/mol. The SMILES string of the molecule is Cc1ccc(C(=O)CCNC(=O)N2CCN(C=O)CC2)cc1. The molecule has 118 valence electrons. The van der Waals surface area contributed by atoms with E-state index in [0.29, 0.717) is 38.3 Å². The molecule has 1 aliphatic heterocycles. The number of carbonyl (C=O) groups excluding carboxylic acids is 3. The summed E-state index contributed by atoms with van der Waals surface area (Å²) in [6.07, 6.45) is 1.08. The molecular weight excluding hydrogens is 282 g/mol. The van der Waals surface area contributed by atoms with E-state index >= 15 is 0 Å². The summed E-state index contributed by atoms with van der Waals surface area (Å²) in [5.74, 6) is 0.0195. The monoisotopic (exact) mass is 303 g/mol. The first-order valence-corrected chi connectivity index (χ1v) is 7.42. The normalized spacial score (nSPS) is 14.6. The van der Waals surface area contributed by atoms with E-state index in [1.54, 1.807) is 21.9 Å². The quantitative estimate of drug-likeness (QED) is 0.653. The van der Waals surface area contributed by atoms with Crippen LogP contribution in [0.4, 0.5) is 4.79 Å². The molecule has 0 aromatic heterocycles. The number of ketones is 1. The molecule has 1 aromatic rings. The van der Waals surface area contributed by atoms with Crippen LogP contribution in [0.2, 0.25) is 0 Å². The minimum absolute atomic E-state index is 0.0195. The third kappa shape index (κ3) is 4.31. The summed E-state index contributed by atoms with van der Waals surface area (Å²) in [4.78, 5) is 37.9. The summed E-state index contributed by atoms with van der Waals surface area (Å²) in [6.45, 7) is 4.45. The van der Waals surface area contributed by atoms with Gasteiger partial charge in [0.2, 0.25) is 6.41 Å². The third-order valence-corrected chi connectivity index (χ3v) is 3.75. The Hall–Kier alpha value is -2.37. The minimum atomic E-state index is -0.178. The van der Waals surface area contributed by atoms with Crippen molar-refractivity contribution in [2.75, 3.05) is 32.7 Å². The smallest absolute Gasteiger partial charge is 0.317 e. The van der Waals surface area contributed by atoms with Crippen molar-refractivity contribution in [3.63, 3.8) is 0 Å². The summed E-state index contributed by atoms with van der Waals surface area (Å²) in [7, 11) is 0. The molecule has 1 N–H and O–H groups in total. The molecule has 3 amide bonds. The highest BCUT2D eigenvalue weighted by atomic mass is 16.2. The zero-order chi connectivity index (χ0) is 15.9. The molecule has 0 bridgehead atoms. The fraction of sp³-hybridized carbons (Fsp3) is 0.438. The number of urea groups is 1. The number of hydrogen-bond acceptors (Lipinski definition) is 3. The maximum Gasteiger partial charge on any atom is 0.317 e. The van der Waals surface area contributed by atoms with Gasteiger partial charge in [0.15, 0.2) is 5.78 Å². The highest BCUT2D eigenvalue weighted by Gasteiger charge is 2.19. The maximum absolute atomic E-state index is 12.0. The summed E-state index contributed by atoms with van der Waals surface area (Å²) >= 11 is 0. The van der Waals surface area contributed by atoms with Gasteiger partial charge in [-0.1, -0.05) is 29.8 Å². The van der Waals surface area contributed by atoms with E-state index in [9.17, 15) is 14.4 Å². The maximum atomic E-state index is 12.0. The second-order valence-electron chi connectivity index (χ2n) is 5.40. The molecule has 0 unspecified atom stereocenters. The largest absolute Gasteiger partial charge is 0.342 e.